The quantitative estimate of drug-likeness (QED) is 0.553. The van der Waals surface area contributed by atoms with Gasteiger partial charge in [0.2, 0.25) is 5.91 Å². The Hall–Kier alpha value is -1.04. The van der Waals surface area contributed by atoms with Crippen molar-refractivity contribution in [2.75, 3.05) is 13.1 Å². The van der Waals surface area contributed by atoms with Crippen molar-refractivity contribution in [3.8, 4) is 6.07 Å². The Morgan fingerprint density at radius 3 is 2.55 bits per heavy atom. The Morgan fingerprint density at radius 1 is 1.64 bits per heavy atom. The van der Waals surface area contributed by atoms with E-state index in [0.717, 1.165) is 0 Å². The molecule has 0 bridgehead atoms. The van der Waals surface area contributed by atoms with Crippen LogP contribution in [0.2, 0.25) is 0 Å². The molecular weight excluding hydrogens is 140 g/mol. The van der Waals surface area contributed by atoms with E-state index in [1.165, 1.54) is 0 Å². The van der Waals surface area contributed by atoms with Crippen molar-refractivity contribution in [1.82, 2.24) is 4.90 Å². The van der Waals surface area contributed by atoms with E-state index in [9.17, 15) is 4.79 Å². The maximum atomic E-state index is 11.2. The summed E-state index contributed by atoms with van der Waals surface area (Å²) in [5.74, 6) is 0.309. The Morgan fingerprint density at radius 2 is 2.18 bits per heavy atom. The first-order chi connectivity index (χ1) is 5.15. The van der Waals surface area contributed by atoms with Crippen LogP contribution in [0.4, 0.5) is 0 Å². The lowest BCUT2D eigenvalue weighted by molar-refractivity contribution is -0.139. The summed E-state index contributed by atoms with van der Waals surface area (Å²) in [6.45, 7) is 5.02. The second kappa shape index (κ2) is 2.91. The normalized spacial score (nSPS) is 17.8. The summed E-state index contributed by atoms with van der Waals surface area (Å²) in [4.78, 5) is 12.9. The third kappa shape index (κ3) is 1.51. The average Bonchev–Trinajstić information content (AvgIpc) is 1.85. The van der Waals surface area contributed by atoms with E-state index in [2.05, 4.69) is 6.07 Å². The molecule has 0 aromatic carbocycles. The molecule has 60 valence electrons. The van der Waals surface area contributed by atoms with Gasteiger partial charge >= 0.3 is 0 Å². The molecule has 3 heteroatoms. The molecule has 1 amide bonds. The summed E-state index contributed by atoms with van der Waals surface area (Å²) in [6, 6.07) is 2.13. The van der Waals surface area contributed by atoms with Gasteiger partial charge in [-0.1, -0.05) is 13.8 Å². The second-order valence-corrected chi connectivity index (χ2v) is 3.22. The Kier molecular flexibility index (Phi) is 2.13. The van der Waals surface area contributed by atoms with E-state index in [0.29, 0.717) is 13.1 Å². The molecule has 11 heavy (non-hydrogen) atoms. The van der Waals surface area contributed by atoms with Gasteiger partial charge in [-0.05, 0) is 0 Å². The topological polar surface area (TPSA) is 44.1 Å². The molecule has 1 aliphatic heterocycles. The number of likely N-dealkylation sites (tertiary alicyclic amines) is 1. The summed E-state index contributed by atoms with van der Waals surface area (Å²) in [5.41, 5.74) is 0. The van der Waals surface area contributed by atoms with E-state index in [-0.39, 0.29) is 17.7 Å². The number of hydrogen-bond donors (Lipinski definition) is 0. The van der Waals surface area contributed by atoms with Crippen LogP contribution in [0.3, 0.4) is 0 Å². The largest absolute Gasteiger partial charge is 0.340 e. The van der Waals surface area contributed by atoms with Crippen LogP contribution in [-0.2, 0) is 4.79 Å². The molecule has 0 unspecified atom stereocenters. The maximum absolute atomic E-state index is 11.2. The highest BCUT2D eigenvalue weighted by molar-refractivity contribution is 5.79. The van der Waals surface area contributed by atoms with E-state index in [4.69, 9.17) is 5.26 Å². The zero-order valence-corrected chi connectivity index (χ0v) is 6.87. The molecule has 1 fully saturated rings. The molecule has 0 aromatic heterocycles. The van der Waals surface area contributed by atoms with Crippen molar-refractivity contribution < 1.29 is 4.79 Å². The van der Waals surface area contributed by atoms with Gasteiger partial charge in [-0.2, -0.15) is 5.26 Å². The smallest absolute Gasteiger partial charge is 0.225 e. The lowest BCUT2D eigenvalue weighted by Crippen LogP contribution is -2.50. The van der Waals surface area contributed by atoms with Crippen LogP contribution in [0, 0.1) is 23.2 Å². The molecule has 1 heterocycles. The second-order valence-electron chi connectivity index (χ2n) is 3.22. The van der Waals surface area contributed by atoms with Crippen LogP contribution in [0.15, 0.2) is 0 Å². The van der Waals surface area contributed by atoms with Gasteiger partial charge in [-0.15, -0.1) is 0 Å². The summed E-state index contributed by atoms with van der Waals surface area (Å²) >= 11 is 0. The predicted octanol–water partition coefficient (Wildman–Crippen LogP) is 0.624. The standard InChI is InChI=1S/C8H12N2O/c1-6(2)8(11)10-4-7(3-9)5-10/h6-7H,4-5H2,1-2H3. The molecular formula is C8H12N2O. The number of nitrogens with zero attached hydrogens (tertiary/aromatic N) is 2. The monoisotopic (exact) mass is 152 g/mol. The predicted molar refractivity (Wildman–Crippen MR) is 40.5 cm³/mol. The van der Waals surface area contributed by atoms with Crippen molar-refractivity contribution in [2.45, 2.75) is 13.8 Å². The Labute approximate surface area is 66.6 Å². The minimum atomic E-state index is 0.0645. The molecule has 0 spiro atoms. The molecule has 1 saturated heterocycles. The summed E-state index contributed by atoms with van der Waals surface area (Å²) in [5, 5.41) is 8.44. The fourth-order valence-corrected chi connectivity index (χ4v) is 1.11. The van der Waals surface area contributed by atoms with Gasteiger partial charge in [-0.3, -0.25) is 4.79 Å². The third-order valence-electron chi connectivity index (χ3n) is 1.87. The molecule has 1 aliphatic rings. The zero-order chi connectivity index (χ0) is 8.43. The van der Waals surface area contributed by atoms with Gasteiger partial charge < -0.3 is 4.90 Å². The van der Waals surface area contributed by atoms with Gasteiger partial charge in [0.25, 0.3) is 0 Å². The highest BCUT2D eigenvalue weighted by Gasteiger charge is 2.31. The molecule has 0 N–H and O–H groups in total. The minimum Gasteiger partial charge on any atom is -0.340 e. The molecule has 0 saturated carbocycles. The van der Waals surface area contributed by atoms with E-state index in [1.54, 1.807) is 4.90 Å². The number of carbonyl (C=O) groups excluding carboxylic acids is 1. The van der Waals surface area contributed by atoms with Crippen LogP contribution < -0.4 is 0 Å². The van der Waals surface area contributed by atoms with Gasteiger partial charge in [-0.25, -0.2) is 0 Å². The summed E-state index contributed by atoms with van der Waals surface area (Å²) in [7, 11) is 0. The fourth-order valence-electron chi connectivity index (χ4n) is 1.11. The number of rotatable bonds is 1. The first-order valence-electron chi connectivity index (χ1n) is 3.83. The first kappa shape index (κ1) is 8.06. The van der Waals surface area contributed by atoms with Crippen LogP contribution in [0.25, 0.3) is 0 Å². The van der Waals surface area contributed by atoms with Gasteiger partial charge in [0.1, 0.15) is 0 Å². The third-order valence-corrected chi connectivity index (χ3v) is 1.87. The zero-order valence-electron chi connectivity index (χ0n) is 6.87. The van der Waals surface area contributed by atoms with Gasteiger partial charge in [0.05, 0.1) is 12.0 Å². The number of nitriles is 1. The summed E-state index contributed by atoms with van der Waals surface area (Å²) in [6.07, 6.45) is 0. The first-order valence-corrected chi connectivity index (χ1v) is 3.83. The Bertz CT molecular complexity index is 199. The number of carbonyl (C=O) groups is 1. The lowest BCUT2D eigenvalue weighted by Gasteiger charge is -2.36. The summed E-state index contributed by atoms with van der Waals surface area (Å²) < 4.78 is 0. The molecule has 0 aliphatic carbocycles. The lowest BCUT2D eigenvalue weighted by atomic mass is 10.00. The van der Waals surface area contributed by atoms with E-state index < -0.39 is 0 Å². The molecule has 0 radical (unpaired) electrons. The Balaban J connectivity index is 2.34. The maximum Gasteiger partial charge on any atom is 0.225 e. The average molecular weight is 152 g/mol. The van der Waals surface area contributed by atoms with Crippen LogP contribution in [-0.4, -0.2) is 23.9 Å². The van der Waals surface area contributed by atoms with Crippen molar-refractivity contribution in [3.05, 3.63) is 0 Å². The van der Waals surface area contributed by atoms with Crippen LogP contribution >= 0.6 is 0 Å². The van der Waals surface area contributed by atoms with Crippen LogP contribution in [0.5, 0.6) is 0 Å². The highest BCUT2D eigenvalue weighted by atomic mass is 16.2. The van der Waals surface area contributed by atoms with Crippen molar-refractivity contribution >= 4 is 5.91 Å². The van der Waals surface area contributed by atoms with Crippen molar-refractivity contribution in [3.63, 3.8) is 0 Å². The fraction of sp³-hybridized carbons (Fsp3) is 0.750. The highest BCUT2D eigenvalue weighted by Crippen LogP contribution is 2.16. The molecule has 3 nitrogen and oxygen atoms in total. The van der Waals surface area contributed by atoms with Gasteiger partial charge in [0.15, 0.2) is 0 Å². The molecule has 0 atom stereocenters. The SMILES string of the molecule is CC(C)C(=O)N1CC(C#N)C1. The van der Waals surface area contributed by atoms with E-state index >= 15 is 0 Å². The minimum absolute atomic E-state index is 0.0645. The molecule has 0 aromatic rings. The van der Waals surface area contributed by atoms with Gasteiger partial charge in [0, 0.05) is 19.0 Å². The van der Waals surface area contributed by atoms with E-state index in [1.807, 2.05) is 13.8 Å². The van der Waals surface area contributed by atoms with Crippen molar-refractivity contribution in [2.24, 2.45) is 11.8 Å². The number of hydrogen-bond acceptors (Lipinski definition) is 2. The number of amides is 1. The van der Waals surface area contributed by atoms with Crippen LogP contribution in [0.1, 0.15) is 13.8 Å². The van der Waals surface area contributed by atoms with Crippen molar-refractivity contribution in [1.29, 1.82) is 5.26 Å². The molecule has 1 rings (SSSR count).